The number of carbonyl (C=O) groups is 2. The molecule has 1 spiro atoms. The second-order valence-electron chi connectivity index (χ2n) is 8.20. The maximum absolute atomic E-state index is 14.0. The van der Waals surface area contributed by atoms with E-state index in [1.165, 1.54) is 0 Å². The fraction of sp³-hybridized carbons (Fsp3) is 0.200. The quantitative estimate of drug-likeness (QED) is 0.684. The highest BCUT2D eigenvalue weighted by atomic mass is 16.7. The Balaban J connectivity index is 1.48. The lowest BCUT2D eigenvalue weighted by atomic mass is 9.77. The Bertz CT molecular complexity index is 1320. The molecule has 0 aliphatic carbocycles. The van der Waals surface area contributed by atoms with E-state index in [1.54, 1.807) is 30.0 Å². The van der Waals surface area contributed by atoms with Crippen molar-refractivity contribution in [1.82, 2.24) is 0 Å². The number of anilines is 1. The molecule has 0 saturated carbocycles. The van der Waals surface area contributed by atoms with E-state index in [0.717, 1.165) is 22.4 Å². The lowest BCUT2D eigenvalue weighted by molar-refractivity contribution is -0.122. The van der Waals surface area contributed by atoms with Crippen molar-refractivity contribution in [2.24, 2.45) is 0 Å². The van der Waals surface area contributed by atoms with Crippen LogP contribution in [0.5, 0.6) is 17.2 Å². The number of ether oxygens (including phenoxy) is 3. The van der Waals surface area contributed by atoms with E-state index < -0.39 is 11.4 Å². The second-order valence-corrected chi connectivity index (χ2v) is 8.20. The van der Waals surface area contributed by atoms with E-state index in [2.05, 4.69) is 0 Å². The van der Waals surface area contributed by atoms with Crippen molar-refractivity contribution in [2.45, 2.75) is 18.9 Å². The molecule has 6 rings (SSSR count). The molecule has 3 aromatic rings. The van der Waals surface area contributed by atoms with Gasteiger partial charge in [0.25, 0.3) is 0 Å². The number of rotatable bonds is 3. The summed E-state index contributed by atoms with van der Waals surface area (Å²) >= 11 is 0. The first-order valence-electron chi connectivity index (χ1n) is 10.3. The van der Waals surface area contributed by atoms with Crippen molar-refractivity contribution in [3.63, 3.8) is 0 Å². The van der Waals surface area contributed by atoms with Crippen molar-refractivity contribution in [3.8, 4) is 17.2 Å². The third-order valence-corrected chi connectivity index (χ3v) is 6.65. The molecule has 3 heterocycles. The molecular formula is C25H19NO6. The van der Waals surface area contributed by atoms with Gasteiger partial charge in [-0.25, -0.2) is 4.79 Å². The fourth-order valence-electron chi connectivity index (χ4n) is 4.98. The van der Waals surface area contributed by atoms with Crippen molar-refractivity contribution >= 4 is 17.6 Å². The zero-order chi connectivity index (χ0) is 22.0. The third-order valence-electron chi connectivity index (χ3n) is 6.65. The molecule has 3 aliphatic heterocycles. The molecule has 1 atom stereocenters. The predicted molar refractivity (Wildman–Crippen MR) is 115 cm³/mol. The Morgan fingerprint density at radius 1 is 1.00 bits per heavy atom. The lowest BCUT2D eigenvalue weighted by Crippen LogP contribution is -2.42. The molecule has 1 amide bonds. The Kier molecular flexibility index (Phi) is 3.81. The number of carbonyl (C=O) groups excluding carboxylic acids is 1. The highest BCUT2D eigenvalue weighted by Gasteiger charge is 2.57. The number of hydrogen-bond acceptors (Lipinski definition) is 5. The number of nitrogens with zero attached hydrogens (tertiary/aromatic N) is 1. The number of carboxylic acid groups (broad SMARTS) is 1. The normalized spacial score (nSPS) is 19.8. The molecule has 0 bridgehead atoms. The smallest absolute Gasteiger partial charge is 0.335 e. The minimum atomic E-state index is -0.983. The number of hydrogen-bond donors (Lipinski definition) is 1. The summed E-state index contributed by atoms with van der Waals surface area (Å²) in [6, 6.07) is 16.5. The van der Waals surface area contributed by atoms with Crippen LogP contribution in [0.15, 0.2) is 54.6 Å². The van der Waals surface area contributed by atoms with Crippen LogP contribution in [0.3, 0.4) is 0 Å². The minimum absolute atomic E-state index is 0.101. The van der Waals surface area contributed by atoms with Crippen molar-refractivity contribution in [1.29, 1.82) is 0 Å². The summed E-state index contributed by atoms with van der Waals surface area (Å²) in [7, 11) is 0. The molecule has 0 fully saturated rings. The summed E-state index contributed by atoms with van der Waals surface area (Å²) in [4.78, 5) is 27.4. The van der Waals surface area contributed by atoms with Gasteiger partial charge >= 0.3 is 5.97 Å². The van der Waals surface area contributed by atoms with Crippen molar-refractivity contribution < 1.29 is 28.9 Å². The van der Waals surface area contributed by atoms with Crippen LogP contribution in [0.25, 0.3) is 0 Å². The van der Waals surface area contributed by atoms with Crippen LogP contribution in [0.2, 0.25) is 0 Å². The van der Waals surface area contributed by atoms with Crippen LogP contribution in [-0.2, 0) is 16.8 Å². The van der Waals surface area contributed by atoms with Gasteiger partial charge in [0, 0.05) is 17.3 Å². The lowest BCUT2D eigenvalue weighted by Gasteiger charge is -2.24. The predicted octanol–water partition coefficient (Wildman–Crippen LogP) is 3.65. The zero-order valence-corrected chi connectivity index (χ0v) is 17.3. The number of aromatic carboxylic acids is 1. The first kappa shape index (κ1) is 18.7. The molecule has 0 aromatic heterocycles. The summed E-state index contributed by atoms with van der Waals surface area (Å²) in [5.74, 6) is 0.739. The van der Waals surface area contributed by atoms with Crippen LogP contribution in [-0.4, -0.2) is 30.4 Å². The van der Waals surface area contributed by atoms with Gasteiger partial charge in [0.1, 0.15) is 17.8 Å². The maximum Gasteiger partial charge on any atom is 0.335 e. The molecule has 1 N–H and O–H groups in total. The van der Waals surface area contributed by atoms with E-state index in [4.69, 9.17) is 14.2 Å². The molecule has 7 nitrogen and oxygen atoms in total. The first-order valence-corrected chi connectivity index (χ1v) is 10.3. The second kappa shape index (κ2) is 6.50. The SMILES string of the molecule is Cc1c(CN2C(=O)C3(COc4cc5c(cc43)OCO5)c3ccccc32)cccc1C(=O)O. The van der Waals surface area contributed by atoms with Crippen LogP contribution in [0.1, 0.15) is 32.6 Å². The molecule has 3 aliphatic rings. The molecule has 0 radical (unpaired) electrons. The Morgan fingerprint density at radius 2 is 1.78 bits per heavy atom. The summed E-state index contributed by atoms with van der Waals surface area (Å²) < 4.78 is 17.0. The van der Waals surface area contributed by atoms with Gasteiger partial charge < -0.3 is 24.2 Å². The van der Waals surface area contributed by atoms with Crippen molar-refractivity contribution in [3.05, 3.63) is 82.4 Å². The van der Waals surface area contributed by atoms with Crippen molar-refractivity contribution in [2.75, 3.05) is 18.3 Å². The standard InChI is InChI=1S/C25H19NO6/c1-14-15(5-4-6-16(14)23(27)28)11-26-19-8-3-2-7-17(19)25(24(26)29)12-30-20-10-22-21(9-18(20)25)31-13-32-22/h2-10H,11-13H2,1H3,(H,27,28). The number of benzene rings is 3. The van der Waals surface area contributed by atoms with Gasteiger partial charge in [-0.15, -0.1) is 0 Å². The average Bonchev–Trinajstić information content (AvgIpc) is 3.46. The highest BCUT2D eigenvalue weighted by molar-refractivity contribution is 6.11. The summed E-state index contributed by atoms with van der Waals surface area (Å²) in [5, 5.41) is 9.50. The van der Waals surface area contributed by atoms with Crippen LogP contribution in [0, 0.1) is 6.92 Å². The fourth-order valence-corrected chi connectivity index (χ4v) is 4.98. The Morgan fingerprint density at radius 3 is 2.59 bits per heavy atom. The Labute approximate surface area is 183 Å². The summed E-state index contributed by atoms with van der Waals surface area (Å²) in [5.41, 5.74) is 3.12. The first-order chi connectivity index (χ1) is 15.5. The molecule has 7 heteroatoms. The van der Waals surface area contributed by atoms with E-state index in [1.807, 2.05) is 36.4 Å². The van der Waals surface area contributed by atoms with Gasteiger partial charge in [0.15, 0.2) is 11.5 Å². The number of fused-ring (bicyclic) bond motifs is 5. The van der Waals surface area contributed by atoms with E-state index in [-0.39, 0.29) is 31.4 Å². The highest BCUT2D eigenvalue weighted by Crippen LogP contribution is 2.55. The third kappa shape index (κ3) is 2.36. The molecule has 160 valence electrons. The zero-order valence-electron chi connectivity index (χ0n) is 17.3. The van der Waals surface area contributed by atoms with E-state index in [9.17, 15) is 14.7 Å². The van der Waals surface area contributed by atoms with Gasteiger partial charge in [-0.05, 0) is 41.8 Å². The van der Waals surface area contributed by atoms with Crippen LogP contribution in [0.4, 0.5) is 5.69 Å². The minimum Gasteiger partial charge on any atom is -0.491 e. The van der Waals surface area contributed by atoms with Gasteiger partial charge in [-0.2, -0.15) is 0 Å². The number of amides is 1. The summed E-state index contributed by atoms with van der Waals surface area (Å²) in [6.07, 6.45) is 0. The number of carboxylic acids is 1. The monoisotopic (exact) mass is 429 g/mol. The molecular weight excluding hydrogens is 410 g/mol. The largest absolute Gasteiger partial charge is 0.491 e. The molecule has 0 saturated heterocycles. The van der Waals surface area contributed by atoms with Gasteiger partial charge in [0.2, 0.25) is 12.7 Å². The average molecular weight is 429 g/mol. The van der Waals surface area contributed by atoms with Gasteiger partial charge in [-0.3, -0.25) is 4.79 Å². The van der Waals surface area contributed by atoms with Gasteiger partial charge in [0.05, 0.1) is 12.1 Å². The maximum atomic E-state index is 14.0. The molecule has 1 unspecified atom stereocenters. The molecule has 3 aromatic carbocycles. The van der Waals surface area contributed by atoms with E-state index in [0.29, 0.717) is 22.8 Å². The van der Waals surface area contributed by atoms with E-state index >= 15 is 0 Å². The molecule has 32 heavy (non-hydrogen) atoms. The summed E-state index contributed by atoms with van der Waals surface area (Å²) in [6.45, 7) is 2.37. The number of para-hydroxylation sites is 1. The van der Waals surface area contributed by atoms with Crippen LogP contribution < -0.4 is 19.1 Å². The topological polar surface area (TPSA) is 85.3 Å². The Hall–Kier alpha value is -4.00. The van der Waals surface area contributed by atoms with Crippen LogP contribution >= 0.6 is 0 Å². The van der Waals surface area contributed by atoms with Gasteiger partial charge in [-0.1, -0.05) is 30.3 Å².